The molecule has 0 saturated heterocycles. The summed E-state index contributed by atoms with van der Waals surface area (Å²) >= 11 is 0. The molecular weight excluding hydrogens is 115 g/mol. The van der Waals surface area contributed by atoms with Crippen LogP contribution in [0.25, 0.3) is 0 Å². The number of aliphatic hydroxyl groups excluding tert-OH is 1. The van der Waals surface area contributed by atoms with Crippen LogP contribution >= 0.6 is 0 Å². The smallest absolute Gasteiger partial charge is 1.00 e. The first kappa shape index (κ1) is 11.6. The molecule has 0 aliphatic rings. The van der Waals surface area contributed by atoms with Gasteiger partial charge in [0.05, 0.1) is 0 Å². The summed E-state index contributed by atoms with van der Waals surface area (Å²) in [5.74, 6) is 0. The zero-order chi connectivity index (χ0) is 5.70. The van der Waals surface area contributed by atoms with Gasteiger partial charge in [0.2, 0.25) is 0 Å². The van der Waals surface area contributed by atoms with Gasteiger partial charge < -0.3 is 18.0 Å². The summed E-state index contributed by atoms with van der Waals surface area (Å²) in [5, 5.41) is 8.41. The quantitative estimate of drug-likeness (QED) is 0.269. The number of hydrogen-bond donors (Lipinski definition) is 3. The van der Waals surface area contributed by atoms with Crippen molar-refractivity contribution in [3.05, 3.63) is 0 Å². The Labute approximate surface area is 73.2 Å². The van der Waals surface area contributed by atoms with Crippen molar-refractivity contribution in [1.29, 1.82) is 0 Å². The summed E-state index contributed by atoms with van der Waals surface area (Å²) in [5.41, 5.74) is 10.1. The molecular formula is C4H13N2NaO. The molecule has 5 N–H and O–H groups in total. The van der Waals surface area contributed by atoms with E-state index in [1.807, 2.05) is 0 Å². The molecule has 0 aromatic rings. The number of aliphatic hydroxyl groups is 1. The van der Waals surface area contributed by atoms with Gasteiger partial charge in [0, 0.05) is 0 Å². The van der Waals surface area contributed by atoms with Gasteiger partial charge in [-0.1, -0.05) is 0 Å². The molecule has 0 aromatic heterocycles. The van der Waals surface area contributed by atoms with Gasteiger partial charge in [-0.15, -0.1) is 0 Å². The molecule has 0 aliphatic heterocycles. The van der Waals surface area contributed by atoms with E-state index in [0.717, 1.165) is 6.42 Å². The van der Waals surface area contributed by atoms with Gasteiger partial charge in [0.15, 0.2) is 0 Å². The van der Waals surface area contributed by atoms with Crippen LogP contribution in [0.2, 0.25) is 0 Å². The fourth-order valence-electron chi connectivity index (χ4n) is 0.327. The first-order valence-electron chi connectivity index (χ1n) is 2.41. The van der Waals surface area contributed by atoms with Gasteiger partial charge in [0.1, 0.15) is 6.23 Å². The molecule has 0 amide bonds. The molecule has 0 rings (SSSR count). The molecule has 4 heteroatoms. The molecule has 0 heterocycles. The molecule has 0 bridgehead atoms. The molecule has 8 heavy (non-hydrogen) atoms. The first-order valence-corrected chi connectivity index (χ1v) is 2.41. The van der Waals surface area contributed by atoms with Crippen molar-refractivity contribution in [1.82, 2.24) is 0 Å². The predicted molar refractivity (Wildman–Crippen MR) is 29.6 cm³/mol. The van der Waals surface area contributed by atoms with Crippen LogP contribution in [0, 0.1) is 0 Å². The fraction of sp³-hybridized carbons (Fsp3) is 1.00. The number of nitrogens with two attached hydrogens (primary N) is 2. The van der Waals surface area contributed by atoms with Crippen LogP contribution < -0.4 is 41.0 Å². The zero-order valence-electron chi connectivity index (χ0n) is 6.30. The van der Waals surface area contributed by atoms with E-state index < -0.39 is 6.23 Å². The maximum absolute atomic E-state index is 8.41. The largest absolute Gasteiger partial charge is 1.00 e. The van der Waals surface area contributed by atoms with Crippen molar-refractivity contribution in [3.8, 4) is 0 Å². The van der Waals surface area contributed by atoms with Crippen LogP contribution in [0.15, 0.2) is 0 Å². The predicted octanol–water partition coefficient (Wildman–Crippen LogP) is -3.88. The van der Waals surface area contributed by atoms with Crippen LogP contribution in [0.4, 0.5) is 0 Å². The second-order valence-corrected chi connectivity index (χ2v) is 1.50. The Bertz CT molecular complexity index is 47.5. The van der Waals surface area contributed by atoms with Gasteiger partial charge >= 0.3 is 29.6 Å². The van der Waals surface area contributed by atoms with Crippen molar-refractivity contribution in [2.24, 2.45) is 11.5 Å². The number of hydrogen-bond acceptors (Lipinski definition) is 3. The maximum atomic E-state index is 8.41. The van der Waals surface area contributed by atoms with Crippen LogP contribution in [-0.4, -0.2) is 17.9 Å². The molecule has 0 spiro atoms. The molecule has 0 radical (unpaired) electrons. The van der Waals surface area contributed by atoms with Crippen LogP contribution in [0.5, 0.6) is 0 Å². The molecule has 0 aliphatic carbocycles. The standard InChI is InChI=1S/C4H12N2O.Na.H/c5-3-1-2-4(6)7;;/h4,7H,1-3,5-6H2;;/q;+1;-1. The van der Waals surface area contributed by atoms with E-state index in [1.54, 1.807) is 0 Å². The maximum Gasteiger partial charge on any atom is 1.00 e. The van der Waals surface area contributed by atoms with Crippen molar-refractivity contribution >= 4 is 0 Å². The van der Waals surface area contributed by atoms with Gasteiger partial charge in [-0.25, -0.2) is 0 Å². The Morgan fingerprint density at radius 3 is 2.25 bits per heavy atom. The van der Waals surface area contributed by atoms with E-state index in [0.29, 0.717) is 13.0 Å². The second-order valence-electron chi connectivity index (χ2n) is 1.50. The topological polar surface area (TPSA) is 72.3 Å². The summed E-state index contributed by atoms with van der Waals surface area (Å²) < 4.78 is 0. The van der Waals surface area contributed by atoms with E-state index in [-0.39, 0.29) is 31.0 Å². The van der Waals surface area contributed by atoms with E-state index in [4.69, 9.17) is 16.6 Å². The monoisotopic (exact) mass is 128 g/mol. The third-order valence-corrected chi connectivity index (χ3v) is 0.704. The first-order chi connectivity index (χ1) is 3.27. The minimum atomic E-state index is -0.677. The van der Waals surface area contributed by atoms with Crippen LogP contribution in [0.3, 0.4) is 0 Å². The van der Waals surface area contributed by atoms with Gasteiger partial charge in [0.25, 0.3) is 0 Å². The van der Waals surface area contributed by atoms with Gasteiger partial charge in [-0.3, -0.25) is 0 Å². The van der Waals surface area contributed by atoms with Crippen LogP contribution in [0.1, 0.15) is 14.3 Å². The molecule has 0 aromatic carbocycles. The Hall–Kier alpha value is 0.880. The second kappa shape index (κ2) is 7.88. The average Bonchev–Trinajstić information content (AvgIpc) is 1.61. The number of rotatable bonds is 3. The Morgan fingerprint density at radius 1 is 1.62 bits per heavy atom. The average molecular weight is 128 g/mol. The van der Waals surface area contributed by atoms with Gasteiger partial charge in [-0.2, -0.15) is 0 Å². The van der Waals surface area contributed by atoms with Crippen molar-refractivity contribution < 1.29 is 36.1 Å². The third kappa shape index (κ3) is 9.99. The van der Waals surface area contributed by atoms with Crippen LogP contribution in [-0.2, 0) is 0 Å². The Balaban J connectivity index is -0.000000180. The molecule has 3 nitrogen and oxygen atoms in total. The Kier molecular flexibility index (Phi) is 11.5. The minimum Gasteiger partial charge on any atom is -1.00 e. The summed E-state index contributed by atoms with van der Waals surface area (Å²) in [4.78, 5) is 0. The Morgan fingerprint density at radius 2 is 2.12 bits per heavy atom. The summed E-state index contributed by atoms with van der Waals surface area (Å²) in [7, 11) is 0. The fourth-order valence-corrected chi connectivity index (χ4v) is 0.327. The molecule has 0 saturated carbocycles. The van der Waals surface area contributed by atoms with E-state index in [2.05, 4.69) is 0 Å². The summed E-state index contributed by atoms with van der Waals surface area (Å²) in [6.07, 6.45) is 0.734. The van der Waals surface area contributed by atoms with E-state index in [1.165, 1.54) is 0 Å². The molecule has 0 fully saturated rings. The summed E-state index contributed by atoms with van der Waals surface area (Å²) in [6, 6.07) is 0. The normalized spacial score (nSPS) is 12.4. The van der Waals surface area contributed by atoms with Crippen molar-refractivity contribution in [3.63, 3.8) is 0 Å². The van der Waals surface area contributed by atoms with Gasteiger partial charge in [-0.05, 0) is 19.4 Å². The third-order valence-electron chi connectivity index (χ3n) is 0.704. The van der Waals surface area contributed by atoms with E-state index in [9.17, 15) is 0 Å². The SMILES string of the molecule is NCCCC(N)O.[H-].[Na+]. The summed E-state index contributed by atoms with van der Waals surface area (Å²) in [6.45, 7) is 0.605. The minimum absolute atomic E-state index is 0. The van der Waals surface area contributed by atoms with E-state index >= 15 is 0 Å². The zero-order valence-corrected chi connectivity index (χ0v) is 7.30. The van der Waals surface area contributed by atoms with Crippen molar-refractivity contribution in [2.75, 3.05) is 6.54 Å². The van der Waals surface area contributed by atoms with Crippen molar-refractivity contribution in [2.45, 2.75) is 19.1 Å². The molecule has 46 valence electrons. The molecule has 1 unspecified atom stereocenters. The molecule has 1 atom stereocenters.